The van der Waals surface area contributed by atoms with Crippen LogP contribution in [0.5, 0.6) is 0 Å². The Balaban J connectivity index is 2.31. The van der Waals surface area contributed by atoms with Gasteiger partial charge in [0, 0.05) is 5.92 Å². The Kier molecular flexibility index (Phi) is 1.80. The van der Waals surface area contributed by atoms with Gasteiger partial charge < -0.3 is 0 Å². The fourth-order valence-corrected chi connectivity index (χ4v) is 2.01. The summed E-state index contributed by atoms with van der Waals surface area (Å²) in [5.74, 6) is 0.546. The number of allylic oxidation sites excluding steroid dienone is 8. The van der Waals surface area contributed by atoms with Crippen LogP contribution in [0.3, 0.4) is 0 Å². The van der Waals surface area contributed by atoms with Crippen molar-refractivity contribution in [2.45, 2.75) is 20.8 Å². The maximum Gasteiger partial charge on any atom is 0.0239 e. The maximum absolute atomic E-state index is 2.29. The predicted molar refractivity (Wildman–Crippen MR) is 57.4 cm³/mol. The summed E-state index contributed by atoms with van der Waals surface area (Å²) in [6.45, 7) is 6.84. The number of hydrogen-bond acceptors (Lipinski definition) is 0. The third-order valence-corrected chi connectivity index (χ3v) is 2.72. The Labute approximate surface area is 80.3 Å². The fourth-order valence-electron chi connectivity index (χ4n) is 2.01. The van der Waals surface area contributed by atoms with E-state index in [0.717, 1.165) is 0 Å². The Hall–Kier alpha value is -1.04. The van der Waals surface area contributed by atoms with E-state index in [1.807, 2.05) is 0 Å². The molecule has 0 bridgehead atoms. The average Bonchev–Trinajstić information content (AvgIpc) is 2.45. The van der Waals surface area contributed by atoms with Crippen molar-refractivity contribution in [2.75, 3.05) is 0 Å². The molecule has 0 aromatic rings. The first-order chi connectivity index (χ1) is 6.09. The molecule has 0 spiro atoms. The van der Waals surface area contributed by atoms with Gasteiger partial charge in [-0.05, 0) is 11.0 Å². The smallest absolute Gasteiger partial charge is 0.0239 e. The zero-order valence-electron chi connectivity index (χ0n) is 8.54. The molecule has 1 atom stereocenters. The van der Waals surface area contributed by atoms with Crippen molar-refractivity contribution in [1.29, 1.82) is 0 Å². The Bertz CT molecular complexity index is 330. The molecule has 13 heavy (non-hydrogen) atoms. The molecule has 0 saturated carbocycles. The van der Waals surface area contributed by atoms with Crippen LogP contribution in [-0.4, -0.2) is 0 Å². The van der Waals surface area contributed by atoms with Gasteiger partial charge in [0.1, 0.15) is 0 Å². The van der Waals surface area contributed by atoms with Crippen molar-refractivity contribution in [3.8, 4) is 0 Å². The average molecular weight is 172 g/mol. The summed E-state index contributed by atoms with van der Waals surface area (Å²) in [6.07, 6.45) is 13.3. The van der Waals surface area contributed by atoms with E-state index in [4.69, 9.17) is 0 Å². The summed E-state index contributed by atoms with van der Waals surface area (Å²) >= 11 is 0. The molecule has 2 rings (SSSR count). The van der Waals surface area contributed by atoms with Crippen LogP contribution in [-0.2, 0) is 0 Å². The zero-order valence-corrected chi connectivity index (χ0v) is 8.54. The largest absolute Gasteiger partial charge is 0.0729 e. The highest BCUT2D eigenvalue weighted by atomic mass is 14.3. The molecule has 0 aliphatic heterocycles. The Morgan fingerprint density at radius 3 is 2.54 bits per heavy atom. The second-order valence-corrected chi connectivity index (χ2v) is 4.76. The van der Waals surface area contributed by atoms with E-state index in [2.05, 4.69) is 57.2 Å². The molecule has 1 unspecified atom stereocenters. The normalized spacial score (nSPS) is 25.6. The molecule has 0 saturated heterocycles. The molecule has 2 aliphatic carbocycles. The van der Waals surface area contributed by atoms with Gasteiger partial charge in [0.15, 0.2) is 0 Å². The van der Waals surface area contributed by atoms with Crippen LogP contribution in [0, 0.1) is 11.3 Å². The lowest BCUT2D eigenvalue weighted by Gasteiger charge is -2.27. The lowest BCUT2D eigenvalue weighted by Crippen LogP contribution is -2.16. The van der Waals surface area contributed by atoms with Crippen molar-refractivity contribution in [1.82, 2.24) is 0 Å². The van der Waals surface area contributed by atoms with Crippen LogP contribution < -0.4 is 0 Å². The minimum Gasteiger partial charge on any atom is -0.0729 e. The zero-order chi connectivity index (χ0) is 9.47. The first-order valence-electron chi connectivity index (χ1n) is 4.86. The topological polar surface area (TPSA) is 0 Å². The summed E-state index contributed by atoms with van der Waals surface area (Å²) in [4.78, 5) is 0. The Morgan fingerprint density at radius 2 is 1.85 bits per heavy atom. The molecule has 0 heteroatoms. The van der Waals surface area contributed by atoms with Gasteiger partial charge in [-0.3, -0.25) is 0 Å². The highest BCUT2D eigenvalue weighted by molar-refractivity contribution is 5.49. The second kappa shape index (κ2) is 2.73. The molecule has 0 aromatic heterocycles. The molecule has 0 heterocycles. The van der Waals surface area contributed by atoms with Crippen molar-refractivity contribution in [2.24, 2.45) is 11.3 Å². The van der Waals surface area contributed by atoms with E-state index >= 15 is 0 Å². The van der Waals surface area contributed by atoms with Crippen LogP contribution in [0.4, 0.5) is 0 Å². The van der Waals surface area contributed by atoms with Gasteiger partial charge in [0.2, 0.25) is 0 Å². The first-order valence-corrected chi connectivity index (χ1v) is 4.86. The van der Waals surface area contributed by atoms with Crippen molar-refractivity contribution < 1.29 is 0 Å². The van der Waals surface area contributed by atoms with E-state index in [1.165, 1.54) is 11.1 Å². The van der Waals surface area contributed by atoms with Gasteiger partial charge in [-0.15, -0.1) is 0 Å². The molecule has 0 amide bonds. The van der Waals surface area contributed by atoms with Crippen LogP contribution >= 0.6 is 0 Å². The van der Waals surface area contributed by atoms with Gasteiger partial charge >= 0.3 is 0 Å². The molecular formula is C13H16. The van der Waals surface area contributed by atoms with Gasteiger partial charge in [-0.2, -0.15) is 0 Å². The third kappa shape index (κ3) is 1.41. The van der Waals surface area contributed by atoms with E-state index in [0.29, 0.717) is 11.3 Å². The van der Waals surface area contributed by atoms with Crippen LogP contribution in [0.25, 0.3) is 0 Å². The minimum absolute atomic E-state index is 0.290. The highest BCUT2D eigenvalue weighted by Gasteiger charge is 2.28. The van der Waals surface area contributed by atoms with Gasteiger partial charge in [-0.25, -0.2) is 0 Å². The first kappa shape index (κ1) is 8.55. The lowest BCUT2D eigenvalue weighted by molar-refractivity contribution is 0.473. The number of hydrogen-bond donors (Lipinski definition) is 0. The summed E-state index contributed by atoms with van der Waals surface area (Å²) in [7, 11) is 0. The van der Waals surface area contributed by atoms with Crippen molar-refractivity contribution >= 4 is 0 Å². The lowest BCUT2D eigenvalue weighted by atomic mass is 9.77. The van der Waals surface area contributed by atoms with Crippen LogP contribution in [0.1, 0.15) is 20.8 Å². The molecule has 2 aliphatic rings. The van der Waals surface area contributed by atoms with Gasteiger partial charge in [0.25, 0.3) is 0 Å². The molecule has 0 N–H and O–H groups in total. The standard InChI is InChI=1S/C13H16/c1-13(2,3)12-9-8-10-6-4-5-7-11(10)12/h4-9,11H,1-3H3. The van der Waals surface area contributed by atoms with E-state index in [-0.39, 0.29) is 0 Å². The minimum atomic E-state index is 0.290. The predicted octanol–water partition coefficient (Wildman–Crippen LogP) is 3.64. The number of rotatable bonds is 0. The van der Waals surface area contributed by atoms with E-state index < -0.39 is 0 Å². The molecule has 0 radical (unpaired) electrons. The van der Waals surface area contributed by atoms with E-state index in [1.54, 1.807) is 0 Å². The molecule has 0 aromatic carbocycles. The third-order valence-electron chi connectivity index (χ3n) is 2.72. The fraction of sp³-hybridized carbons (Fsp3) is 0.385. The highest BCUT2D eigenvalue weighted by Crippen LogP contribution is 2.41. The molecule has 68 valence electrons. The van der Waals surface area contributed by atoms with Gasteiger partial charge in [-0.1, -0.05) is 62.8 Å². The van der Waals surface area contributed by atoms with Crippen molar-refractivity contribution in [3.05, 3.63) is 47.6 Å². The maximum atomic E-state index is 2.29. The molecular weight excluding hydrogens is 156 g/mol. The van der Waals surface area contributed by atoms with Gasteiger partial charge in [0.05, 0.1) is 0 Å². The Morgan fingerprint density at radius 1 is 1.08 bits per heavy atom. The van der Waals surface area contributed by atoms with Crippen molar-refractivity contribution in [3.63, 3.8) is 0 Å². The van der Waals surface area contributed by atoms with Crippen LogP contribution in [0.15, 0.2) is 47.6 Å². The summed E-state index contributed by atoms with van der Waals surface area (Å²) in [6, 6.07) is 0. The summed E-state index contributed by atoms with van der Waals surface area (Å²) in [5, 5.41) is 0. The summed E-state index contributed by atoms with van der Waals surface area (Å²) < 4.78 is 0. The van der Waals surface area contributed by atoms with E-state index in [9.17, 15) is 0 Å². The summed E-state index contributed by atoms with van der Waals surface area (Å²) in [5.41, 5.74) is 3.26. The second-order valence-electron chi connectivity index (χ2n) is 4.76. The quantitative estimate of drug-likeness (QED) is 0.523. The van der Waals surface area contributed by atoms with Crippen LogP contribution in [0.2, 0.25) is 0 Å². The SMILES string of the molecule is CC(C)(C)C1=CC=C2C=CC=CC21. The molecule has 0 nitrogen and oxygen atoms in total. The number of fused-ring (bicyclic) bond motifs is 1. The molecule has 0 fully saturated rings. The monoisotopic (exact) mass is 172 g/mol.